The summed E-state index contributed by atoms with van der Waals surface area (Å²) in [7, 11) is 0. The molecule has 0 bridgehead atoms. The van der Waals surface area contributed by atoms with Crippen LogP contribution < -0.4 is 5.32 Å². The lowest BCUT2D eigenvalue weighted by molar-refractivity contribution is 0.0442. The van der Waals surface area contributed by atoms with Gasteiger partial charge in [-0.3, -0.25) is 0 Å². The van der Waals surface area contributed by atoms with Gasteiger partial charge in [0.05, 0.1) is 0 Å². The summed E-state index contributed by atoms with van der Waals surface area (Å²) in [5.74, 6) is 1.62. The molecule has 1 N–H and O–H groups in total. The second kappa shape index (κ2) is 7.67. The highest BCUT2D eigenvalue weighted by atomic mass is 16.6. The molecule has 1 heterocycles. The van der Waals surface area contributed by atoms with Crippen molar-refractivity contribution in [3.63, 3.8) is 0 Å². The van der Waals surface area contributed by atoms with Crippen LogP contribution >= 0.6 is 0 Å². The number of carbonyl (C=O) groups excluding carboxylic acids is 1. The minimum absolute atomic E-state index is 0.240. The Hall–Kier alpha value is -0.770. The van der Waals surface area contributed by atoms with Gasteiger partial charge >= 0.3 is 6.09 Å². The number of unbranched alkanes of at least 4 members (excludes halogenated alkanes) is 1. The van der Waals surface area contributed by atoms with Crippen molar-refractivity contribution in [2.75, 3.05) is 19.6 Å². The van der Waals surface area contributed by atoms with E-state index in [2.05, 4.69) is 17.1 Å². The van der Waals surface area contributed by atoms with Gasteiger partial charge in [0.15, 0.2) is 0 Å². The van der Waals surface area contributed by atoms with Crippen molar-refractivity contribution < 1.29 is 9.53 Å². The van der Waals surface area contributed by atoms with E-state index in [1.165, 1.54) is 45.2 Å². The van der Waals surface area contributed by atoms with E-state index in [9.17, 15) is 4.79 Å². The van der Waals surface area contributed by atoms with Crippen molar-refractivity contribution in [3.05, 3.63) is 0 Å². The molecule has 2 atom stereocenters. The Bertz CT molecular complexity index is 361. The molecular weight excluding hydrogens is 276 g/mol. The lowest BCUT2D eigenvalue weighted by Gasteiger charge is -2.38. The fourth-order valence-corrected chi connectivity index (χ4v) is 3.40. The normalized spacial score (nSPS) is 26.7. The maximum atomic E-state index is 12.0. The molecule has 0 radical (unpaired) electrons. The quantitative estimate of drug-likeness (QED) is 0.811. The molecule has 0 aromatic heterocycles. The fraction of sp³-hybridized carbons (Fsp3) is 0.944. The fourth-order valence-electron chi connectivity index (χ4n) is 3.40. The molecule has 0 spiro atoms. The molecule has 1 saturated heterocycles. The number of hydrogen-bond donors (Lipinski definition) is 1. The van der Waals surface area contributed by atoms with E-state index in [1.54, 1.807) is 0 Å². The molecule has 22 heavy (non-hydrogen) atoms. The summed E-state index contributed by atoms with van der Waals surface area (Å²) in [6, 6.07) is 0.240. The van der Waals surface area contributed by atoms with Gasteiger partial charge in [-0.05, 0) is 58.3 Å². The Morgan fingerprint density at radius 3 is 2.55 bits per heavy atom. The van der Waals surface area contributed by atoms with Crippen LogP contribution in [0.1, 0.15) is 66.2 Å². The first-order valence-electron chi connectivity index (χ1n) is 9.07. The molecule has 1 saturated carbocycles. The van der Waals surface area contributed by atoms with Crippen LogP contribution in [0, 0.1) is 11.8 Å². The molecule has 2 fully saturated rings. The van der Waals surface area contributed by atoms with Crippen LogP contribution in [0.15, 0.2) is 0 Å². The van der Waals surface area contributed by atoms with E-state index < -0.39 is 5.60 Å². The zero-order chi connectivity index (χ0) is 16.2. The second-order valence-electron chi connectivity index (χ2n) is 8.25. The molecule has 0 aromatic carbocycles. The minimum atomic E-state index is -0.423. The number of alkyl carbamates (subject to hydrolysis) is 1. The summed E-state index contributed by atoms with van der Waals surface area (Å²) < 4.78 is 5.42. The second-order valence-corrected chi connectivity index (χ2v) is 8.25. The molecule has 1 aliphatic carbocycles. The third kappa shape index (κ3) is 6.55. The van der Waals surface area contributed by atoms with Crippen LogP contribution in [0.25, 0.3) is 0 Å². The third-order valence-electron chi connectivity index (χ3n) is 4.51. The van der Waals surface area contributed by atoms with Crippen LogP contribution in [0.4, 0.5) is 4.79 Å². The number of rotatable bonds is 6. The molecule has 128 valence electrons. The zero-order valence-electron chi connectivity index (χ0n) is 14.9. The molecule has 4 nitrogen and oxygen atoms in total. The molecule has 4 heteroatoms. The maximum Gasteiger partial charge on any atom is 0.407 e. The van der Waals surface area contributed by atoms with Gasteiger partial charge in [0.2, 0.25) is 0 Å². The van der Waals surface area contributed by atoms with Crippen LogP contribution in [0.3, 0.4) is 0 Å². The number of amides is 1. The summed E-state index contributed by atoms with van der Waals surface area (Å²) in [5, 5.41) is 3.10. The Kier molecular flexibility index (Phi) is 6.13. The standard InChI is InChI=1S/C18H34N2O2/c1-5-6-7-15-10-16(19-17(21)22-18(2,3)4)13-20(12-15)11-14-8-9-14/h14-16H,5-13H2,1-4H3,(H,19,21). The number of ether oxygens (including phenoxy) is 1. The minimum Gasteiger partial charge on any atom is -0.444 e. The number of piperidine rings is 1. The molecule has 1 amide bonds. The molecule has 2 rings (SSSR count). The zero-order valence-corrected chi connectivity index (χ0v) is 14.9. The lowest BCUT2D eigenvalue weighted by Crippen LogP contribution is -2.52. The predicted molar refractivity (Wildman–Crippen MR) is 90.0 cm³/mol. The van der Waals surface area contributed by atoms with Crippen LogP contribution in [0.2, 0.25) is 0 Å². The van der Waals surface area contributed by atoms with E-state index in [0.29, 0.717) is 5.92 Å². The topological polar surface area (TPSA) is 41.6 Å². The van der Waals surface area contributed by atoms with Crippen LogP contribution in [0.5, 0.6) is 0 Å². The van der Waals surface area contributed by atoms with Crippen molar-refractivity contribution in [1.82, 2.24) is 10.2 Å². The van der Waals surface area contributed by atoms with Gasteiger partial charge in [0, 0.05) is 25.7 Å². The SMILES string of the molecule is CCCCC1CC(NC(=O)OC(C)(C)C)CN(CC2CC2)C1. The molecule has 1 aliphatic heterocycles. The van der Waals surface area contributed by atoms with Gasteiger partial charge in [-0.25, -0.2) is 4.79 Å². The van der Waals surface area contributed by atoms with E-state index in [1.807, 2.05) is 20.8 Å². The van der Waals surface area contributed by atoms with Crippen molar-refractivity contribution in [3.8, 4) is 0 Å². The van der Waals surface area contributed by atoms with Crippen molar-refractivity contribution in [1.29, 1.82) is 0 Å². The summed E-state index contributed by atoms with van der Waals surface area (Å²) in [6.45, 7) is 11.4. The first kappa shape index (κ1) is 17.6. The van der Waals surface area contributed by atoms with E-state index in [4.69, 9.17) is 4.74 Å². The lowest BCUT2D eigenvalue weighted by atomic mass is 9.90. The Morgan fingerprint density at radius 2 is 1.95 bits per heavy atom. The van der Waals surface area contributed by atoms with Gasteiger partial charge in [-0.1, -0.05) is 19.8 Å². The predicted octanol–water partition coefficient (Wildman–Crippen LogP) is 3.80. The number of carbonyl (C=O) groups is 1. The third-order valence-corrected chi connectivity index (χ3v) is 4.51. The Morgan fingerprint density at radius 1 is 1.23 bits per heavy atom. The van der Waals surface area contributed by atoms with Gasteiger partial charge in [0.25, 0.3) is 0 Å². The van der Waals surface area contributed by atoms with Crippen LogP contribution in [-0.4, -0.2) is 42.3 Å². The first-order chi connectivity index (χ1) is 10.4. The molecular formula is C18H34N2O2. The summed E-state index contributed by atoms with van der Waals surface area (Å²) >= 11 is 0. The van der Waals surface area contributed by atoms with Gasteiger partial charge in [-0.2, -0.15) is 0 Å². The highest BCUT2D eigenvalue weighted by Gasteiger charge is 2.32. The van der Waals surface area contributed by atoms with Crippen molar-refractivity contribution in [2.45, 2.75) is 77.9 Å². The molecule has 0 aromatic rings. The molecule has 2 aliphatic rings. The monoisotopic (exact) mass is 310 g/mol. The summed E-state index contributed by atoms with van der Waals surface area (Å²) in [4.78, 5) is 14.6. The Labute approximate surface area is 136 Å². The smallest absolute Gasteiger partial charge is 0.407 e. The largest absolute Gasteiger partial charge is 0.444 e. The van der Waals surface area contributed by atoms with Crippen LogP contribution in [-0.2, 0) is 4.74 Å². The number of nitrogens with one attached hydrogen (secondary N) is 1. The van der Waals surface area contributed by atoms with Gasteiger partial charge in [0.1, 0.15) is 5.60 Å². The highest BCUT2D eigenvalue weighted by molar-refractivity contribution is 5.68. The highest BCUT2D eigenvalue weighted by Crippen LogP contribution is 2.32. The van der Waals surface area contributed by atoms with Gasteiger partial charge in [-0.15, -0.1) is 0 Å². The van der Waals surface area contributed by atoms with Crippen molar-refractivity contribution in [2.24, 2.45) is 11.8 Å². The summed E-state index contributed by atoms with van der Waals surface area (Å²) in [5.41, 5.74) is -0.423. The Balaban J connectivity index is 1.85. The molecule has 2 unspecified atom stereocenters. The first-order valence-corrected chi connectivity index (χ1v) is 9.07. The van der Waals surface area contributed by atoms with Crippen molar-refractivity contribution >= 4 is 6.09 Å². The number of likely N-dealkylation sites (tertiary alicyclic amines) is 1. The maximum absolute atomic E-state index is 12.0. The van der Waals surface area contributed by atoms with E-state index >= 15 is 0 Å². The van der Waals surface area contributed by atoms with Gasteiger partial charge < -0.3 is 15.0 Å². The average Bonchev–Trinajstić information content (AvgIpc) is 3.17. The summed E-state index contributed by atoms with van der Waals surface area (Å²) in [6.07, 6.45) is 7.44. The number of nitrogens with zero attached hydrogens (tertiary/aromatic N) is 1. The average molecular weight is 310 g/mol. The van der Waals surface area contributed by atoms with E-state index in [0.717, 1.165) is 18.9 Å². The number of hydrogen-bond acceptors (Lipinski definition) is 3. The van der Waals surface area contributed by atoms with E-state index in [-0.39, 0.29) is 12.1 Å².